The molecule has 9 nitrogen and oxygen atoms in total. The molecule has 0 aliphatic carbocycles. The lowest BCUT2D eigenvalue weighted by Crippen LogP contribution is -2.29. The van der Waals surface area contributed by atoms with Gasteiger partial charge in [-0.25, -0.2) is 4.57 Å². The Morgan fingerprint density at radius 1 is 0.638 bits per heavy atom. The number of phosphoric acid groups is 1. The highest BCUT2D eigenvalue weighted by Gasteiger charge is 2.25. The maximum absolute atomic E-state index is 12.4. The zero-order valence-electron chi connectivity index (χ0n) is 30.0. The molecule has 0 spiro atoms. The Balaban J connectivity index is 4.17. The summed E-state index contributed by atoms with van der Waals surface area (Å²) in [6.07, 6.45) is 33.5. The Morgan fingerprint density at radius 3 is 1.66 bits per heavy atom. The molecule has 0 aromatic heterocycles. The number of carbonyl (C=O) groups excluding carboxylic acids is 2. The van der Waals surface area contributed by atoms with Crippen molar-refractivity contribution in [1.29, 1.82) is 0 Å². The fourth-order valence-corrected chi connectivity index (χ4v) is 5.78. The third kappa shape index (κ3) is 34.2. The van der Waals surface area contributed by atoms with Gasteiger partial charge in [0.2, 0.25) is 0 Å². The molecule has 2 atom stereocenters. The summed E-state index contributed by atoms with van der Waals surface area (Å²) in [4.78, 5) is 34.6. The Morgan fingerprint density at radius 2 is 1.11 bits per heavy atom. The molecular weight excluding hydrogens is 617 g/mol. The second-order valence-corrected chi connectivity index (χ2v) is 13.9. The molecule has 0 amide bonds. The summed E-state index contributed by atoms with van der Waals surface area (Å²) in [5.41, 5.74) is 5.32. The molecule has 276 valence electrons. The Labute approximate surface area is 287 Å². The molecule has 0 rings (SSSR count). The van der Waals surface area contributed by atoms with Crippen molar-refractivity contribution >= 4 is 19.8 Å². The number of unbranched alkanes of at least 4 members (excludes halogenated alkanes) is 18. The molecule has 0 aromatic rings. The van der Waals surface area contributed by atoms with E-state index in [2.05, 4.69) is 38.2 Å². The zero-order valence-corrected chi connectivity index (χ0v) is 30.9. The molecular formula is C37H70NO8P. The average Bonchev–Trinajstić information content (AvgIpc) is 3.05. The second-order valence-electron chi connectivity index (χ2n) is 12.4. The van der Waals surface area contributed by atoms with E-state index >= 15 is 0 Å². The van der Waals surface area contributed by atoms with Crippen molar-refractivity contribution in [2.24, 2.45) is 5.73 Å². The topological polar surface area (TPSA) is 134 Å². The number of carbonyl (C=O) groups is 2. The Bertz CT molecular complexity index is 835. The van der Waals surface area contributed by atoms with Gasteiger partial charge in [-0.1, -0.05) is 134 Å². The molecule has 0 heterocycles. The molecule has 0 bridgehead atoms. The van der Waals surface area contributed by atoms with E-state index < -0.39 is 26.5 Å². The van der Waals surface area contributed by atoms with Crippen molar-refractivity contribution < 1.29 is 37.6 Å². The molecule has 0 radical (unpaired) electrons. The van der Waals surface area contributed by atoms with Gasteiger partial charge in [-0.15, -0.1) is 0 Å². The molecule has 0 fully saturated rings. The number of hydrogen-bond donors (Lipinski definition) is 2. The standard InChI is InChI=1S/C37H70NO8P/c1-3-5-7-9-11-13-14-15-16-17-18-19-20-22-23-25-27-29-36(39)43-33-35(34-45-47(41,42)44-32-31-38)46-37(40)30-28-26-24-21-12-10-8-6-4-2/h11,13,15-16,35H,3-10,12,14,17-34,38H2,1-2H3,(H,41,42)/b13-11-,16-15-/t35-/m1/s1. The van der Waals surface area contributed by atoms with Gasteiger partial charge < -0.3 is 20.1 Å². The molecule has 0 saturated carbocycles. The lowest BCUT2D eigenvalue weighted by molar-refractivity contribution is -0.161. The molecule has 3 N–H and O–H groups in total. The van der Waals surface area contributed by atoms with Crippen molar-refractivity contribution in [1.82, 2.24) is 0 Å². The third-order valence-electron chi connectivity index (χ3n) is 7.84. The number of phosphoric ester groups is 1. The molecule has 10 heteroatoms. The maximum atomic E-state index is 12.4. The first kappa shape index (κ1) is 45.5. The van der Waals surface area contributed by atoms with Crippen LogP contribution < -0.4 is 5.73 Å². The first-order valence-electron chi connectivity index (χ1n) is 18.8. The van der Waals surface area contributed by atoms with Crippen LogP contribution in [0.15, 0.2) is 24.3 Å². The van der Waals surface area contributed by atoms with Gasteiger partial charge in [-0.05, 0) is 44.9 Å². The van der Waals surface area contributed by atoms with Crippen molar-refractivity contribution in [3.05, 3.63) is 24.3 Å². The largest absolute Gasteiger partial charge is 0.472 e. The fourth-order valence-electron chi connectivity index (χ4n) is 5.02. The number of nitrogens with two attached hydrogens (primary N) is 1. The maximum Gasteiger partial charge on any atom is 0.472 e. The summed E-state index contributed by atoms with van der Waals surface area (Å²) >= 11 is 0. The first-order valence-corrected chi connectivity index (χ1v) is 20.3. The third-order valence-corrected chi connectivity index (χ3v) is 8.82. The van der Waals surface area contributed by atoms with Crippen molar-refractivity contribution in [3.63, 3.8) is 0 Å². The van der Waals surface area contributed by atoms with E-state index in [1.165, 1.54) is 77.0 Å². The number of allylic oxidation sites excluding steroid dienone is 4. The quantitative estimate of drug-likeness (QED) is 0.0289. The Kier molecular flexibility index (Phi) is 33.3. The van der Waals surface area contributed by atoms with Gasteiger partial charge in [-0.2, -0.15) is 0 Å². The number of hydrogen-bond acceptors (Lipinski definition) is 8. The van der Waals surface area contributed by atoms with Gasteiger partial charge in [-0.3, -0.25) is 18.6 Å². The highest BCUT2D eigenvalue weighted by molar-refractivity contribution is 7.47. The van der Waals surface area contributed by atoms with Gasteiger partial charge in [0.25, 0.3) is 0 Å². The summed E-state index contributed by atoms with van der Waals surface area (Å²) < 4.78 is 32.6. The SMILES string of the molecule is CCCCC/C=C\C/C=C\CCCCCCCCCC(=O)OC[C@H](COP(=O)(O)OCCN)OC(=O)CCCCCCCCCCC. The van der Waals surface area contributed by atoms with Crippen LogP contribution in [0.1, 0.15) is 168 Å². The highest BCUT2D eigenvalue weighted by Crippen LogP contribution is 2.43. The van der Waals surface area contributed by atoms with Gasteiger partial charge in [0.15, 0.2) is 6.10 Å². The summed E-state index contributed by atoms with van der Waals surface area (Å²) in [5, 5.41) is 0. The molecule has 0 aliphatic rings. The van der Waals surface area contributed by atoms with Gasteiger partial charge in [0.05, 0.1) is 13.2 Å². The predicted octanol–water partition coefficient (Wildman–Crippen LogP) is 10.0. The van der Waals surface area contributed by atoms with E-state index in [-0.39, 0.29) is 38.6 Å². The van der Waals surface area contributed by atoms with Crippen LogP contribution in [0.2, 0.25) is 0 Å². The minimum atomic E-state index is -4.36. The molecule has 1 unspecified atom stereocenters. The van der Waals surface area contributed by atoms with Crippen LogP contribution in [-0.2, 0) is 32.7 Å². The van der Waals surface area contributed by atoms with Crippen LogP contribution in [0.3, 0.4) is 0 Å². The second kappa shape index (κ2) is 34.4. The minimum absolute atomic E-state index is 0.0534. The lowest BCUT2D eigenvalue weighted by Gasteiger charge is -2.19. The van der Waals surface area contributed by atoms with Gasteiger partial charge >= 0.3 is 19.8 Å². The van der Waals surface area contributed by atoms with Crippen LogP contribution in [-0.4, -0.2) is 49.3 Å². The molecule has 47 heavy (non-hydrogen) atoms. The summed E-state index contributed by atoms with van der Waals surface area (Å²) in [5.74, 6) is -0.839. The van der Waals surface area contributed by atoms with E-state index in [1.54, 1.807) is 0 Å². The lowest BCUT2D eigenvalue weighted by atomic mass is 10.1. The fraction of sp³-hybridized carbons (Fsp3) is 0.838. The average molecular weight is 688 g/mol. The number of rotatable bonds is 35. The van der Waals surface area contributed by atoms with Crippen LogP contribution in [0.5, 0.6) is 0 Å². The van der Waals surface area contributed by atoms with E-state index in [4.69, 9.17) is 24.3 Å². The van der Waals surface area contributed by atoms with Crippen LogP contribution in [0.25, 0.3) is 0 Å². The smallest absolute Gasteiger partial charge is 0.462 e. The normalized spacial score (nSPS) is 13.7. The summed E-state index contributed by atoms with van der Waals surface area (Å²) in [6.45, 7) is 3.66. The summed E-state index contributed by atoms with van der Waals surface area (Å²) in [6, 6.07) is 0. The summed E-state index contributed by atoms with van der Waals surface area (Å²) in [7, 11) is -4.36. The van der Waals surface area contributed by atoms with Crippen molar-refractivity contribution in [3.8, 4) is 0 Å². The van der Waals surface area contributed by atoms with Crippen molar-refractivity contribution in [2.75, 3.05) is 26.4 Å². The van der Waals surface area contributed by atoms with Crippen LogP contribution in [0, 0.1) is 0 Å². The van der Waals surface area contributed by atoms with Crippen molar-refractivity contribution in [2.45, 2.75) is 174 Å². The van der Waals surface area contributed by atoms with E-state index in [0.717, 1.165) is 57.8 Å². The highest BCUT2D eigenvalue weighted by atomic mass is 31.2. The first-order chi connectivity index (χ1) is 22.8. The molecule has 0 aliphatic heterocycles. The van der Waals surface area contributed by atoms with E-state index in [9.17, 15) is 19.0 Å². The number of esters is 2. The van der Waals surface area contributed by atoms with Crippen LogP contribution >= 0.6 is 7.82 Å². The Hall–Kier alpha value is -1.51. The van der Waals surface area contributed by atoms with Gasteiger partial charge in [0.1, 0.15) is 6.61 Å². The van der Waals surface area contributed by atoms with E-state index in [1.807, 2.05) is 0 Å². The molecule has 0 saturated heterocycles. The predicted molar refractivity (Wildman–Crippen MR) is 192 cm³/mol. The monoisotopic (exact) mass is 687 g/mol. The van der Waals surface area contributed by atoms with E-state index in [0.29, 0.717) is 6.42 Å². The number of ether oxygens (including phenoxy) is 2. The molecule has 0 aromatic carbocycles. The zero-order chi connectivity index (χ0) is 34.7. The minimum Gasteiger partial charge on any atom is -0.462 e. The van der Waals surface area contributed by atoms with Crippen LogP contribution in [0.4, 0.5) is 0 Å². The van der Waals surface area contributed by atoms with Gasteiger partial charge in [0, 0.05) is 19.4 Å².